The van der Waals surface area contributed by atoms with Crippen molar-refractivity contribution >= 4 is 27.6 Å². The summed E-state index contributed by atoms with van der Waals surface area (Å²) in [6.07, 6.45) is 29.0. The summed E-state index contributed by atoms with van der Waals surface area (Å²) >= 11 is 0. The zero-order valence-corrected chi connectivity index (χ0v) is 40.7. The van der Waals surface area contributed by atoms with Gasteiger partial charge in [0, 0.05) is 12.8 Å². The van der Waals surface area contributed by atoms with Crippen molar-refractivity contribution in [2.75, 3.05) is 13.2 Å². The molecule has 8 atom stereocenters. The van der Waals surface area contributed by atoms with E-state index in [2.05, 4.69) is 67.0 Å². The van der Waals surface area contributed by atoms with Gasteiger partial charge in [0.05, 0.1) is 6.61 Å². The maximum atomic E-state index is 13.0. The molecule has 0 aromatic rings. The number of aliphatic hydroxyl groups is 4. The van der Waals surface area contributed by atoms with Gasteiger partial charge in [0.15, 0.2) is 6.10 Å². The van der Waals surface area contributed by atoms with E-state index in [9.17, 15) is 53.8 Å². The average Bonchev–Trinajstić information content (AvgIpc) is 3.26. The van der Waals surface area contributed by atoms with Crippen LogP contribution in [0.15, 0.2) is 60.8 Å². The van der Waals surface area contributed by atoms with E-state index in [0.29, 0.717) is 19.3 Å². The lowest BCUT2D eigenvalue weighted by Gasteiger charge is -2.43. The van der Waals surface area contributed by atoms with Gasteiger partial charge in [0.2, 0.25) is 0 Å². The van der Waals surface area contributed by atoms with Crippen molar-refractivity contribution in [1.82, 2.24) is 0 Å². The van der Waals surface area contributed by atoms with Crippen LogP contribution in [-0.4, -0.2) is 103 Å². The fraction of sp³-hybridized carbons (Fsp3) is 0.745. The molecule has 0 saturated heterocycles. The third-order valence-corrected chi connectivity index (χ3v) is 12.1. The van der Waals surface area contributed by atoms with E-state index in [0.717, 1.165) is 64.2 Å². The predicted octanol–water partition coefficient (Wildman–Crippen LogP) is 9.06. The molecule has 0 aliphatic heterocycles. The summed E-state index contributed by atoms with van der Waals surface area (Å²) in [7, 11) is -10.7. The molecule has 0 amide bonds. The van der Waals surface area contributed by atoms with Crippen LogP contribution in [0.25, 0.3) is 0 Å². The molecule has 0 radical (unpaired) electrons. The number of phosphoric acid groups is 2. The van der Waals surface area contributed by atoms with Crippen LogP contribution in [0, 0.1) is 0 Å². The second-order valence-corrected chi connectivity index (χ2v) is 19.1. The summed E-state index contributed by atoms with van der Waals surface area (Å²) < 4.78 is 49.3. The Morgan fingerprint density at radius 3 is 1.43 bits per heavy atom. The largest absolute Gasteiger partial charge is 0.472 e. The lowest BCUT2D eigenvalue weighted by Crippen LogP contribution is -2.64. The Bertz CT molecular complexity index is 1490. The van der Waals surface area contributed by atoms with Gasteiger partial charge in [0.1, 0.15) is 43.2 Å². The maximum Gasteiger partial charge on any atom is 0.472 e. The van der Waals surface area contributed by atoms with E-state index in [4.69, 9.17) is 18.5 Å². The molecule has 5 unspecified atom stereocenters. The van der Waals surface area contributed by atoms with Gasteiger partial charge in [-0.3, -0.25) is 23.2 Å². The van der Waals surface area contributed by atoms with Crippen molar-refractivity contribution in [3.63, 3.8) is 0 Å². The van der Waals surface area contributed by atoms with E-state index in [1.807, 2.05) is 12.2 Å². The van der Waals surface area contributed by atoms with Crippen molar-refractivity contribution < 1.29 is 76.9 Å². The van der Waals surface area contributed by atoms with E-state index in [1.54, 1.807) is 0 Å². The molecule has 16 nitrogen and oxygen atoms in total. The maximum absolute atomic E-state index is 13.0. The topological polar surface area (TPSA) is 256 Å². The smallest absolute Gasteiger partial charge is 0.462 e. The molecule has 65 heavy (non-hydrogen) atoms. The third kappa shape index (κ3) is 32.2. The molecule has 0 aromatic heterocycles. The Kier molecular flexibility index (Phi) is 35.2. The molecule has 0 bridgehead atoms. The molecule has 0 spiro atoms. The highest BCUT2D eigenvalue weighted by Crippen LogP contribution is 2.49. The van der Waals surface area contributed by atoms with Gasteiger partial charge < -0.3 is 44.6 Å². The molecule has 1 aliphatic rings. The zero-order chi connectivity index (χ0) is 48.2. The number of hydrogen-bond acceptors (Lipinski definition) is 13. The van der Waals surface area contributed by atoms with Crippen LogP contribution < -0.4 is 0 Å². The van der Waals surface area contributed by atoms with Crippen molar-refractivity contribution in [2.45, 2.75) is 211 Å². The number of ether oxygens (including phenoxy) is 2. The summed E-state index contributed by atoms with van der Waals surface area (Å²) in [5.74, 6) is -1.29. The van der Waals surface area contributed by atoms with Crippen LogP contribution in [0.4, 0.5) is 0 Å². The highest BCUT2D eigenvalue weighted by Gasteiger charge is 2.54. The van der Waals surface area contributed by atoms with Gasteiger partial charge in [0.25, 0.3) is 0 Å². The summed E-state index contributed by atoms with van der Waals surface area (Å²) in [5, 5.41) is 41.2. The quantitative estimate of drug-likeness (QED) is 0.0131. The van der Waals surface area contributed by atoms with Crippen LogP contribution in [0.3, 0.4) is 0 Å². The molecule has 0 aromatic carbocycles. The van der Waals surface area contributed by atoms with Gasteiger partial charge in [-0.1, -0.05) is 139 Å². The molecule has 1 fully saturated rings. The lowest BCUT2D eigenvalue weighted by molar-refractivity contribution is -0.216. The van der Waals surface area contributed by atoms with Gasteiger partial charge >= 0.3 is 27.6 Å². The summed E-state index contributed by atoms with van der Waals surface area (Å²) in [6, 6.07) is 0. The number of aliphatic hydroxyl groups excluding tert-OH is 4. The number of unbranched alkanes of at least 4 members (excludes halogenated alkanes) is 15. The number of carbonyl (C=O) groups is 2. The first kappa shape index (κ1) is 60.7. The standard InChI is InChI=1S/C47H82O16P2/c1-3-5-7-9-11-13-15-17-19-20-22-23-25-27-29-31-33-35-40(48)59-37-39(61-41(49)36-34-32-30-28-26-24-21-18-16-14-12-10-8-6-4-2)38-60-65(57,58)63-47-44(52)42(50)43(51)46(45(47)53)62-64(54,55)56/h12,14,17-19,21-23,27,29,39,42-47,50-53H,3-11,13,15-16,20,24-26,28,30-38H2,1-2H3,(H,57,58)(H2,54,55,56)/t39-,42?,43?,44?,45?,46-,47+/m1/s1. The first-order valence-electron chi connectivity index (χ1n) is 23.8. The highest BCUT2D eigenvalue weighted by atomic mass is 31.2. The van der Waals surface area contributed by atoms with Crippen LogP contribution in [0.1, 0.15) is 168 Å². The Morgan fingerprint density at radius 2 is 0.908 bits per heavy atom. The second-order valence-electron chi connectivity index (χ2n) is 16.5. The predicted molar refractivity (Wildman–Crippen MR) is 250 cm³/mol. The Morgan fingerprint density at radius 1 is 0.492 bits per heavy atom. The van der Waals surface area contributed by atoms with Crippen molar-refractivity contribution in [1.29, 1.82) is 0 Å². The second kappa shape index (κ2) is 37.7. The van der Waals surface area contributed by atoms with Crippen molar-refractivity contribution in [3.05, 3.63) is 60.8 Å². The molecule has 7 N–H and O–H groups in total. The number of allylic oxidation sites excluding steroid dienone is 10. The lowest BCUT2D eigenvalue weighted by atomic mass is 9.85. The number of hydrogen-bond donors (Lipinski definition) is 7. The molecule has 0 heterocycles. The minimum Gasteiger partial charge on any atom is -0.462 e. The van der Waals surface area contributed by atoms with E-state index < -0.39 is 83.5 Å². The van der Waals surface area contributed by atoms with Crippen LogP contribution >= 0.6 is 15.6 Å². The Labute approximate surface area is 388 Å². The molecule has 1 aliphatic carbocycles. The molecular weight excluding hydrogens is 882 g/mol. The van der Waals surface area contributed by atoms with E-state index in [1.165, 1.54) is 57.8 Å². The molecule has 1 rings (SSSR count). The third-order valence-electron chi connectivity index (χ3n) is 10.6. The van der Waals surface area contributed by atoms with Crippen molar-refractivity contribution in [2.24, 2.45) is 0 Å². The monoisotopic (exact) mass is 965 g/mol. The minimum atomic E-state index is -5.37. The summed E-state index contributed by atoms with van der Waals surface area (Å²) in [4.78, 5) is 54.2. The molecule has 1 saturated carbocycles. The van der Waals surface area contributed by atoms with Gasteiger partial charge in [-0.15, -0.1) is 0 Å². The number of rotatable bonds is 39. The first-order chi connectivity index (χ1) is 31.1. The van der Waals surface area contributed by atoms with Gasteiger partial charge in [-0.2, -0.15) is 0 Å². The number of carbonyl (C=O) groups excluding carboxylic acids is 2. The molecular formula is C47H82O16P2. The minimum absolute atomic E-state index is 0.0152. The average molecular weight is 965 g/mol. The van der Waals surface area contributed by atoms with E-state index >= 15 is 0 Å². The number of esters is 2. The summed E-state index contributed by atoms with van der Waals surface area (Å²) in [6.45, 7) is 3.01. The Balaban J connectivity index is 2.64. The first-order valence-corrected chi connectivity index (χ1v) is 26.9. The fourth-order valence-electron chi connectivity index (χ4n) is 6.84. The van der Waals surface area contributed by atoms with Crippen LogP contribution in [0.2, 0.25) is 0 Å². The van der Waals surface area contributed by atoms with E-state index in [-0.39, 0.29) is 12.8 Å². The summed E-state index contributed by atoms with van der Waals surface area (Å²) in [5.41, 5.74) is 0. The zero-order valence-electron chi connectivity index (χ0n) is 38.9. The molecule has 376 valence electrons. The highest BCUT2D eigenvalue weighted by molar-refractivity contribution is 7.47. The van der Waals surface area contributed by atoms with Crippen LogP contribution in [-0.2, 0) is 41.8 Å². The normalized spacial score (nSPS) is 22.2. The van der Waals surface area contributed by atoms with Gasteiger partial charge in [-0.05, 0) is 77.0 Å². The fourth-order valence-corrected chi connectivity index (χ4v) is 8.37. The van der Waals surface area contributed by atoms with Crippen molar-refractivity contribution in [3.8, 4) is 0 Å². The SMILES string of the molecule is CCCCCC=CCC=CCCCCCCCC(=O)O[C@H](COC(=O)CCCC=CCC=CCC=CCCCCCCCC)COP(=O)(O)O[C@H]1C(O)C(O)C(O)[C@@H](OP(=O)(O)O)C1O. The van der Waals surface area contributed by atoms with Crippen LogP contribution in [0.5, 0.6) is 0 Å². The molecule has 18 heteroatoms. The van der Waals surface area contributed by atoms with Gasteiger partial charge in [-0.25, -0.2) is 9.13 Å². The Hall–Kier alpha value is -2.30. The number of phosphoric ester groups is 2.